The second-order valence-corrected chi connectivity index (χ2v) is 4.87. The van der Waals surface area contributed by atoms with Gasteiger partial charge in [0.1, 0.15) is 11.4 Å². The molecule has 19 heavy (non-hydrogen) atoms. The highest BCUT2D eigenvalue weighted by Gasteiger charge is 2.15. The monoisotopic (exact) mass is 264 g/mol. The van der Waals surface area contributed by atoms with Gasteiger partial charge in [0.05, 0.1) is 12.8 Å². The summed E-state index contributed by atoms with van der Waals surface area (Å²) in [6, 6.07) is 7.40. The van der Waals surface area contributed by atoms with Crippen molar-refractivity contribution in [1.82, 2.24) is 5.43 Å². The van der Waals surface area contributed by atoms with Crippen molar-refractivity contribution in [2.75, 3.05) is 6.61 Å². The molecule has 5 nitrogen and oxygen atoms in total. The second-order valence-electron chi connectivity index (χ2n) is 4.87. The number of hydrogen-bond acceptors (Lipinski definition) is 4. The van der Waals surface area contributed by atoms with Crippen molar-refractivity contribution in [2.45, 2.75) is 33.3 Å². The second kappa shape index (κ2) is 6.78. The molecule has 0 saturated heterocycles. The van der Waals surface area contributed by atoms with Crippen LogP contribution in [0.1, 0.15) is 33.3 Å². The van der Waals surface area contributed by atoms with Crippen LogP contribution >= 0.6 is 0 Å². The lowest BCUT2D eigenvalue weighted by atomic mass is 10.2. The number of nitrogens with one attached hydrogen (secondary N) is 1. The molecule has 0 aromatic heterocycles. The van der Waals surface area contributed by atoms with Crippen LogP contribution < -0.4 is 10.2 Å². The molecule has 0 atom stereocenters. The molecule has 0 heterocycles. The zero-order valence-electron chi connectivity index (χ0n) is 11.8. The van der Waals surface area contributed by atoms with E-state index in [9.17, 15) is 4.79 Å². The first kappa shape index (κ1) is 15.0. The predicted octanol–water partition coefficient (Wildman–Crippen LogP) is 2.94. The summed E-state index contributed by atoms with van der Waals surface area (Å²) in [6.07, 6.45) is 0.967. The van der Waals surface area contributed by atoms with Gasteiger partial charge in [-0.05, 0) is 57.5 Å². The van der Waals surface area contributed by atoms with E-state index in [1.165, 1.54) is 0 Å². The molecule has 0 aliphatic carbocycles. The van der Waals surface area contributed by atoms with Crippen LogP contribution in [0.4, 0.5) is 4.79 Å². The Balaban J connectivity index is 2.46. The predicted molar refractivity (Wildman–Crippen MR) is 74.6 cm³/mol. The van der Waals surface area contributed by atoms with Crippen LogP contribution in [0.15, 0.2) is 29.4 Å². The van der Waals surface area contributed by atoms with Crippen LogP contribution in [0.5, 0.6) is 5.75 Å². The van der Waals surface area contributed by atoms with Gasteiger partial charge in [0.15, 0.2) is 0 Å². The lowest BCUT2D eigenvalue weighted by molar-refractivity contribution is 0.0529. The molecular weight excluding hydrogens is 244 g/mol. The maximum absolute atomic E-state index is 11.3. The summed E-state index contributed by atoms with van der Waals surface area (Å²) in [4.78, 5) is 11.3. The van der Waals surface area contributed by atoms with E-state index in [-0.39, 0.29) is 0 Å². The van der Waals surface area contributed by atoms with Gasteiger partial charge in [0.25, 0.3) is 0 Å². The zero-order chi connectivity index (χ0) is 14.3. The Morgan fingerprint density at radius 2 is 1.95 bits per heavy atom. The molecule has 1 aromatic rings. The third-order valence-electron chi connectivity index (χ3n) is 1.96. The average Bonchev–Trinajstić information content (AvgIpc) is 2.29. The lowest BCUT2D eigenvalue weighted by Crippen LogP contribution is -2.29. The van der Waals surface area contributed by atoms with Crippen molar-refractivity contribution in [3.63, 3.8) is 0 Å². The standard InChI is InChI=1S/C14H20N2O3/c1-5-18-12-8-6-11(7-9-12)10-15-16-13(17)19-14(2,3)4/h6-10H,5H2,1-4H3,(H,16,17)/b15-10-. The molecule has 0 saturated carbocycles. The Labute approximate surface area is 113 Å². The number of carbonyl (C=O) groups excluding carboxylic acids is 1. The first-order valence-electron chi connectivity index (χ1n) is 6.15. The number of hydrazone groups is 1. The van der Waals surface area contributed by atoms with Crippen molar-refractivity contribution < 1.29 is 14.3 Å². The molecule has 1 N–H and O–H groups in total. The summed E-state index contributed by atoms with van der Waals surface area (Å²) in [5.74, 6) is 0.805. The first-order valence-corrected chi connectivity index (χ1v) is 6.15. The van der Waals surface area contributed by atoms with Crippen molar-refractivity contribution >= 4 is 12.3 Å². The topological polar surface area (TPSA) is 59.9 Å². The van der Waals surface area contributed by atoms with Crippen LogP contribution in [-0.2, 0) is 4.74 Å². The fourth-order valence-electron chi connectivity index (χ4n) is 1.28. The molecule has 1 amide bonds. The molecule has 1 rings (SSSR count). The van der Waals surface area contributed by atoms with Crippen LogP contribution in [-0.4, -0.2) is 24.5 Å². The first-order chi connectivity index (χ1) is 8.90. The molecule has 0 bridgehead atoms. The minimum absolute atomic E-state index is 0.529. The molecular formula is C14H20N2O3. The van der Waals surface area contributed by atoms with Crippen LogP contribution in [0.3, 0.4) is 0 Å². The molecule has 0 aliphatic rings. The number of amides is 1. The smallest absolute Gasteiger partial charge is 0.428 e. The van der Waals surface area contributed by atoms with Crippen molar-refractivity contribution in [3.05, 3.63) is 29.8 Å². The van der Waals surface area contributed by atoms with Crippen molar-refractivity contribution in [1.29, 1.82) is 0 Å². The van der Waals surface area contributed by atoms with E-state index in [4.69, 9.17) is 9.47 Å². The summed E-state index contributed by atoms with van der Waals surface area (Å²) in [6.45, 7) is 7.95. The van der Waals surface area contributed by atoms with Gasteiger partial charge in [-0.2, -0.15) is 5.10 Å². The van der Waals surface area contributed by atoms with E-state index in [2.05, 4.69) is 10.5 Å². The Hall–Kier alpha value is -2.04. The summed E-state index contributed by atoms with van der Waals surface area (Å²) in [5.41, 5.74) is 2.64. The number of carbonyl (C=O) groups is 1. The molecule has 5 heteroatoms. The van der Waals surface area contributed by atoms with E-state index in [1.807, 2.05) is 31.2 Å². The van der Waals surface area contributed by atoms with E-state index in [0.29, 0.717) is 6.61 Å². The fourth-order valence-corrected chi connectivity index (χ4v) is 1.28. The summed E-state index contributed by atoms with van der Waals surface area (Å²) in [5, 5.41) is 3.81. The molecule has 0 unspecified atom stereocenters. The van der Waals surface area contributed by atoms with Crippen LogP contribution in [0.25, 0.3) is 0 Å². The van der Waals surface area contributed by atoms with Crippen LogP contribution in [0.2, 0.25) is 0 Å². The highest BCUT2D eigenvalue weighted by atomic mass is 16.6. The molecule has 1 aromatic carbocycles. The van der Waals surface area contributed by atoms with Gasteiger partial charge < -0.3 is 9.47 Å². The third-order valence-corrected chi connectivity index (χ3v) is 1.96. The van der Waals surface area contributed by atoms with E-state index >= 15 is 0 Å². The normalized spacial score (nSPS) is 11.4. The van der Waals surface area contributed by atoms with E-state index in [0.717, 1.165) is 11.3 Å². The van der Waals surface area contributed by atoms with E-state index < -0.39 is 11.7 Å². The quantitative estimate of drug-likeness (QED) is 0.672. The lowest BCUT2D eigenvalue weighted by Gasteiger charge is -2.18. The number of benzene rings is 1. The van der Waals surface area contributed by atoms with Crippen molar-refractivity contribution in [2.24, 2.45) is 5.10 Å². The number of nitrogens with zero attached hydrogens (tertiary/aromatic N) is 1. The SMILES string of the molecule is CCOc1ccc(/C=N\NC(=O)OC(C)(C)C)cc1. The summed E-state index contributed by atoms with van der Waals surface area (Å²) >= 11 is 0. The Morgan fingerprint density at radius 3 is 2.47 bits per heavy atom. The van der Waals surface area contributed by atoms with Gasteiger partial charge in [-0.25, -0.2) is 10.2 Å². The number of hydrogen-bond donors (Lipinski definition) is 1. The maximum Gasteiger partial charge on any atom is 0.428 e. The molecule has 0 spiro atoms. The third kappa shape index (κ3) is 6.45. The zero-order valence-corrected chi connectivity index (χ0v) is 11.8. The molecule has 104 valence electrons. The van der Waals surface area contributed by atoms with Gasteiger partial charge in [-0.3, -0.25) is 0 Å². The van der Waals surface area contributed by atoms with Gasteiger partial charge in [0, 0.05) is 0 Å². The minimum atomic E-state index is -0.574. The van der Waals surface area contributed by atoms with Gasteiger partial charge >= 0.3 is 6.09 Å². The number of ether oxygens (including phenoxy) is 2. The summed E-state index contributed by atoms with van der Waals surface area (Å²) < 4.78 is 10.4. The van der Waals surface area contributed by atoms with Crippen molar-refractivity contribution in [3.8, 4) is 5.75 Å². The maximum atomic E-state index is 11.3. The highest BCUT2D eigenvalue weighted by Crippen LogP contribution is 2.10. The largest absolute Gasteiger partial charge is 0.494 e. The highest BCUT2D eigenvalue weighted by molar-refractivity contribution is 5.81. The van der Waals surface area contributed by atoms with Crippen LogP contribution in [0, 0.1) is 0 Å². The fraction of sp³-hybridized carbons (Fsp3) is 0.429. The Morgan fingerprint density at radius 1 is 1.32 bits per heavy atom. The molecule has 0 fully saturated rings. The van der Waals surface area contributed by atoms with Gasteiger partial charge in [0.2, 0.25) is 0 Å². The molecule has 0 radical (unpaired) electrons. The minimum Gasteiger partial charge on any atom is -0.494 e. The van der Waals surface area contributed by atoms with Gasteiger partial charge in [-0.1, -0.05) is 0 Å². The Kier molecular flexibility index (Phi) is 5.36. The van der Waals surface area contributed by atoms with E-state index in [1.54, 1.807) is 27.0 Å². The number of rotatable bonds is 4. The van der Waals surface area contributed by atoms with Gasteiger partial charge in [-0.15, -0.1) is 0 Å². The Bertz CT molecular complexity index is 433. The summed E-state index contributed by atoms with van der Waals surface area (Å²) in [7, 11) is 0. The average molecular weight is 264 g/mol. The molecule has 0 aliphatic heterocycles.